The Kier molecular flexibility index (Phi) is 4.20. The highest BCUT2D eigenvalue weighted by molar-refractivity contribution is 5.74. The summed E-state index contributed by atoms with van der Waals surface area (Å²) < 4.78 is 43.8. The number of fused-ring (bicyclic) bond motifs is 1. The number of aromatic nitrogens is 4. The number of esters is 1. The minimum atomic E-state index is -4.67. The van der Waals surface area contributed by atoms with Crippen LogP contribution in [0.15, 0.2) is 6.07 Å². The van der Waals surface area contributed by atoms with E-state index in [2.05, 4.69) is 20.4 Å². The van der Waals surface area contributed by atoms with Crippen molar-refractivity contribution in [2.45, 2.75) is 33.1 Å². The van der Waals surface area contributed by atoms with Crippen molar-refractivity contribution in [1.29, 1.82) is 0 Å². The first-order chi connectivity index (χ1) is 10.2. The Labute approximate surface area is 123 Å². The minimum Gasteiger partial charge on any atom is -0.462 e. The van der Waals surface area contributed by atoms with Gasteiger partial charge in [-0.05, 0) is 20.8 Å². The summed E-state index contributed by atoms with van der Waals surface area (Å²) in [6.07, 6.45) is -4.95. The topological polar surface area (TPSA) is 81.4 Å². The van der Waals surface area contributed by atoms with Crippen LogP contribution >= 0.6 is 0 Å². The number of rotatable bonds is 4. The zero-order valence-electron chi connectivity index (χ0n) is 12.1. The number of ether oxygens (including phenoxy) is 1. The van der Waals surface area contributed by atoms with E-state index < -0.39 is 18.0 Å². The van der Waals surface area contributed by atoms with E-state index in [1.54, 1.807) is 20.8 Å². The molecule has 7 nitrogen and oxygen atoms in total. The standard InChI is InChI=1S/C12H14F3N5O2/c1-6(2)22-9(21)5-16-8-4-7(3)17-11-18-10(12(13,14)15)19-20(8)11/h4,6,16H,5H2,1-3H3. The predicted octanol–water partition coefficient (Wildman–Crippen LogP) is 1.82. The van der Waals surface area contributed by atoms with Gasteiger partial charge in [-0.25, -0.2) is 4.98 Å². The third-order valence-electron chi connectivity index (χ3n) is 2.47. The molecule has 0 aliphatic heterocycles. The number of aryl methyl sites for hydroxylation is 1. The molecule has 2 aromatic heterocycles. The van der Waals surface area contributed by atoms with Crippen molar-refractivity contribution < 1.29 is 22.7 Å². The number of hydrogen-bond acceptors (Lipinski definition) is 6. The minimum absolute atomic E-state index is 0.172. The van der Waals surface area contributed by atoms with E-state index in [0.29, 0.717) is 5.69 Å². The maximum Gasteiger partial charge on any atom is 0.453 e. The monoisotopic (exact) mass is 317 g/mol. The van der Waals surface area contributed by atoms with E-state index in [4.69, 9.17) is 4.74 Å². The van der Waals surface area contributed by atoms with Crippen LogP contribution in [-0.4, -0.2) is 38.2 Å². The van der Waals surface area contributed by atoms with Gasteiger partial charge in [0.25, 0.3) is 11.6 Å². The number of carbonyl (C=O) groups is 1. The van der Waals surface area contributed by atoms with Gasteiger partial charge in [0.2, 0.25) is 0 Å². The lowest BCUT2D eigenvalue weighted by atomic mass is 10.4. The Morgan fingerprint density at radius 3 is 2.68 bits per heavy atom. The van der Waals surface area contributed by atoms with Gasteiger partial charge in [0.15, 0.2) is 0 Å². The van der Waals surface area contributed by atoms with E-state index >= 15 is 0 Å². The summed E-state index contributed by atoms with van der Waals surface area (Å²) in [6.45, 7) is 4.77. The number of alkyl halides is 3. The van der Waals surface area contributed by atoms with Gasteiger partial charge in [0.05, 0.1) is 6.10 Å². The zero-order chi connectivity index (χ0) is 16.5. The Hall–Kier alpha value is -2.39. The smallest absolute Gasteiger partial charge is 0.453 e. The van der Waals surface area contributed by atoms with Crippen LogP contribution in [0.4, 0.5) is 19.0 Å². The highest BCUT2D eigenvalue weighted by Crippen LogP contribution is 2.27. The van der Waals surface area contributed by atoms with E-state index in [1.807, 2.05) is 0 Å². The van der Waals surface area contributed by atoms with Crippen molar-refractivity contribution in [1.82, 2.24) is 19.6 Å². The lowest BCUT2D eigenvalue weighted by Gasteiger charge is -2.10. The van der Waals surface area contributed by atoms with Gasteiger partial charge in [0, 0.05) is 11.8 Å². The normalized spacial score (nSPS) is 12.0. The molecule has 22 heavy (non-hydrogen) atoms. The first-order valence-corrected chi connectivity index (χ1v) is 6.42. The molecule has 0 saturated carbocycles. The van der Waals surface area contributed by atoms with Gasteiger partial charge in [-0.3, -0.25) is 4.79 Å². The summed E-state index contributed by atoms with van der Waals surface area (Å²) in [5, 5.41) is 6.04. The Morgan fingerprint density at radius 1 is 1.41 bits per heavy atom. The number of hydrogen-bond donors (Lipinski definition) is 1. The van der Waals surface area contributed by atoms with Crippen molar-refractivity contribution in [3.05, 3.63) is 17.6 Å². The summed E-state index contributed by atoms with van der Waals surface area (Å²) in [5.41, 5.74) is 0.438. The number of carbonyl (C=O) groups excluding carboxylic acids is 1. The number of nitrogens with zero attached hydrogens (tertiary/aromatic N) is 4. The SMILES string of the molecule is Cc1cc(NCC(=O)OC(C)C)n2nc(C(F)(F)F)nc2n1. The van der Waals surface area contributed by atoms with Crippen molar-refractivity contribution in [2.24, 2.45) is 0 Å². The highest BCUT2D eigenvalue weighted by Gasteiger charge is 2.36. The molecule has 120 valence electrons. The lowest BCUT2D eigenvalue weighted by molar-refractivity contribution is -0.145. The third-order valence-corrected chi connectivity index (χ3v) is 2.47. The van der Waals surface area contributed by atoms with Crippen LogP contribution in [0.25, 0.3) is 5.78 Å². The molecule has 10 heteroatoms. The number of halogens is 3. The molecule has 0 radical (unpaired) electrons. The molecule has 2 aromatic rings. The summed E-state index contributed by atoms with van der Waals surface area (Å²) >= 11 is 0. The molecule has 0 bridgehead atoms. The Morgan fingerprint density at radius 2 is 2.09 bits per heavy atom. The molecule has 0 spiro atoms. The largest absolute Gasteiger partial charge is 0.462 e. The van der Waals surface area contributed by atoms with Crippen molar-refractivity contribution in [3.8, 4) is 0 Å². The van der Waals surface area contributed by atoms with Gasteiger partial charge in [0.1, 0.15) is 12.4 Å². The molecule has 0 aliphatic rings. The van der Waals surface area contributed by atoms with E-state index in [-0.39, 0.29) is 24.2 Å². The fourth-order valence-corrected chi connectivity index (χ4v) is 1.70. The van der Waals surface area contributed by atoms with E-state index in [9.17, 15) is 18.0 Å². The van der Waals surface area contributed by atoms with Crippen molar-refractivity contribution in [2.75, 3.05) is 11.9 Å². The number of nitrogens with one attached hydrogen (secondary N) is 1. The third kappa shape index (κ3) is 3.62. The maximum atomic E-state index is 12.7. The van der Waals surface area contributed by atoms with Crippen LogP contribution < -0.4 is 5.32 Å². The molecule has 0 atom stereocenters. The highest BCUT2D eigenvalue weighted by atomic mass is 19.4. The lowest BCUT2D eigenvalue weighted by Crippen LogP contribution is -2.21. The molecule has 0 aliphatic carbocycles. The zero-order valence-corrected chi connectivity index (χ0v) is 12.1. The Bertz CT molecular complexity index is 696. The van der Waals surface area contributed by atoms with Crippen molar-refractivity contribution >= 4 is 17.6 Å². The molecule has 0 aromatic carbocycles. The summed E-state index contributed by atoms with van der Waals surface area (Å²) in [4.78, 5) is 18.7. The molecule has 0 unspecified atom stereocenters. The Balaban J connectivity index is 2.29. The molecule has 0 saturated heterocycles. The number of anilines is 1. The molecule has 0 fully saturated rings. The second kappa shape index (κ2) is 5.78. The predicted molar refractivity (Wildman–Crippen MR) is 70.2 cm³/mol. The quantitative estimate of drug-likeness (QED) is 0.866. The summed E-state index contributed by atoms with van der Waals surface area (Å²) in [6, 6.07) is 1.46. The average molecular weight is 317 g/mol. The van der Waals surface area contributed by atoms with Crippen LogP contribution in [0, 0.1) is 6.92 Å². The average Bonchev–Trinajstić information content (AvgIpc) is 2.78. The van der Waals surface area contributed by atoms with Gasteiger partial charge in [-0.1, -0.05) is 0 Å². The van der Waals surface area contributed by atoms with E-state index in [1.165, 1.54) is 6.07 Å². The van der Waals surface area contributed by atoms with Gasteiger partial charge >= 0.3 is 12.1 Å². The van der Waals surface area contributed by atoms with Crippen LogP contribution in [0.3, 0.4) is 0 Å². The summed E-state index contributed by atoms with van der Waals surface area (Å²) in [5.74, 6) is -1.86. The second-order valence-corrected chi connectivity index (χ2v) is 4.82. The molecule has 2 rings (SSSR count). The first kappa shape index (κ1) is 16.0. The fraction of sp³-hybridized carbons (Fsp3) is 0.500. The van der Waals surface area contributed by atoms with Crippen LogP contribution in [0.5, 0.6) is 0 Å². The molecular weight excluding hydrogens is 303 g/mol. The fourth-order valence-electron chi connectivity index (χ4n) is 1.70. The maximum absolute atomic E-state index is 12.7. The van der Waals surface area contributed by atoms with E-state index in [0.717, 1.165) is 4.52 Å². The van der Waals surface area contributed by atoms with Gasteiger partial charge in [-0.2, -0.15) is 22.7 Å². The molecule has 1 N–H and O–H groups in total. The van der Waals surface area contributed by atoms with Crippen LogP contribution in [0.2, 0.25) is 0 Å². The molecular formula is C12H14F3N5O2. The van der Waals surface area contributed by atoms with Crippen LogP contribution in [0.1, 0.15) is 25.4 Å². The van der Waals surface area contributed by atoms with Gasteiger partial charge in [-0.15, -0.1) is 5.10 Å². The van der Waals surface area contributed by atoms with Gasteiger partial charge < -0.3 is 10.1 Å². The second-order valence-electron chi connectivity index (χ2n) is 4.82. The molecule has 2 heterocycles. The van der Waals surface area contributed by atoms with Crippen LogP contribution in [-0.2, 0) is 15.7 Å². The first-order valence-electron chi connectivity index (χ1n) is 6.42. The van der Waals surface area contributed by atoms with Crippen molar-refractivity contribution in [3.63, 3.8) is 0 Å². The summed E-state index contributed by atoms with van der Waals surface area (Å²) in [7, 11) is 0. The molecule has 0 amide bonds.